The first kappa shape index (κ1) is 12.2. The van der Waals surface area contributed by atoms with E-state index in [1.54, 1.807) is 0 Å². The van der Waals surface area contributed by atoms with Crippen molar-refractivity contribution < 1.29 is 8.83 Å². The Kier molecular flexibility index (Phi) is 2.79. The summed E-state index contributed by atoms with van der Waals surface area (Å²) in [5.74, 6) is 0.908. The molecule has 0 aliphatic carbocycles. The van der Waals surface area contributed by atoms with Gasteiger partial charge in [0.15, 0.2) is 17.0 Å². The van der Waals surface area contributed by atoms with Crippen molar-refractivity contribution in [1.82, 2.24) is 4.98 Å². The van der Waals surface area contributed by atoms with E-state index in [1.165, 1.54) is 6.20 Å². The number of hydrogen-bond donors (Lipinski definition) is 1. The van der Waals surface area contributed by atoms with Crippen molar-refractivity contribution in [1.29, 1.82) is 0 Å². The maximum Gasteiger partial charge on any atom is 0.423 e. The monoisotopic (exact) mass is 283 g/mol. The van der Waals surface area contributed by atoms with E-state index >= 15 is 0 Å². The summed E-state index contributed by atoms with van der Waals surface area (Å²) in [4.78, 5) is 28.3. The number of nitrogens with zero attached hydrogens (tertiary/aromatic N) is 2. The minimum absolute atomic E-state index is 0.0347. The fraction of sp³-hybridized carbons (Fsp3) is 0.364. The number of rotatable bonds is 2. The van der Waals surface area contributed by atoms with E-state index in [2.05, 4.69) is 4.98 Å². The third-order valence-electron chi connectivity index (χ3n) is 3.08. The molecule has 2 aromatic heterocycles. The largest absolute Gasteiger partial charge is 0.423 e. The van der Waals surface area contributed by atoms with Gasteiger partial charge in [-0.3, -0.25) is 0 Å². The summed E-state index contributed by atoms with van der Waals surface area (Å²) in [5.41, 5.74) is 3.47. The molecule has 3 rings (SSSR count). The molecular formula is C11H10ClN3O4. The molecule has 19 heavy (non-hydrogen) atoms. The fourth-order valence-corrected chi connectivity index (χ4v) is 2.30. The number of aromatic nitrogens is 1. The molecule has 0 aromatic carbocycles. The summed E-state index contributed by atoms with van der Waals surface area (Å²) in [6.07, 6.45) is 1.32. The molecule has 3 heterocycles. The lowest BCUT2D eigenvalue weighted by atomic mass is 10.0. The van der Waals surface area contributed by atoms with Crippen LogP contribution in [-0.2, 0) is 0 Å². The third-order valence-corrected chi connectivity index (χ3v) is 3.42. The van der Waals surface area contributed by atoms with Crippen LogP contribution < -0.4 is 21.9 Å². The molecule has 0 atom stereocenters. The van der Waals surface area contributed by atoms with Crippen LogP contribution >= 0.6 is 11.6 Å². The summed E-state index contributed by atoms with van der Waals surface area (Å²) in [6, 6.07) is 0. The van der Waals surface area contributed by atoms with Crippen molar-refractivity contribution in [2.24, 2.45) is 11.7 Å². The van der Waals surface area contributed by atoms with Crippen LogP contribution in [0.1, 0.15) is 0 Å². The first-order chi connectivity index (χ1) is 9.10. The second-order valence-electron chi connectivity index (χ2n) is 4.37. The summed E-state index contributed by atoms with van der Waals surface area (Å²) >= 11 is 6.13. The first-order valence-electron chi connectivity index (χ1n) is 5.67. The Morgan fingerprint density at radius 1 is 1.37 bits per heavy atom. The predicted molar refractivity (Wildman–Crippen MR) is 68.6 cm³/mol. The Balaban J connectivity index is 2.09. The highest BCUT2D eigenvalue weighted by molar-refractivity contribution is 6.37. The maximum atomic E-state index is 11.2. The molecule has 0 unspecified atom stereocenters. The zero-order valence-corrected chi connectivity index (χ0v) is 10.5. The van der Waals surface area contributed by atoms with E-state index in [0.29, 0.717) is 18.3 Å². The Labute approximate surface area is 111 Å². The maximum absolute atomic E-state index is 11.2. The topological polar surface area (TPSA) is 103 Å². The average Bonchev–Trinajstić information content (AvgIpc) is 2.33. The molecular weight excluding hydrogens is 274 g/mol. The van der Waals surface area contributed by atoms with Crippen molar-refractivity contribution >= 4 is 28.6 Å². The number of nitrogens with two attached hydrogens (primary N) is 1. The van der Waals surface area contributed by atoms with Crippen LogP contribution in [0, 0.1) is 5.92 Å². The van der Waals surface area contributed by atoms with Crippen molar-refractivity contribution in [3.8, 4) is 0 Å². The third kappa shape index (κ3) is 1.91. The molecule has 8 heteroatoms. The van der Waals surface area contributed by atoms with Gasteiger partial charge in [0.2, 0.25) is 0 Å². The number of anilines is 1. The van der Waals surface area contributed by atoms with E-state index in [1.807, 2.05) is 4.90 Å². The molecule has 2 N–H and O–H groups in total. The SMILES string of the molecule is NCC1CN(c2ncc3oc(=O)c(=O)oc3c2Cl)C1. The summed E-state index contributed by atoms with van der Waals surface area (Å²) in [5, 5.41) is 0.161. The number of pyridine rings is 1. The lowest BCUT2D eigenvalue weighted by Crippen LogP contribution is -2.50. The van der Waals surface area contributed by atoms with Gasteiger partial charge in [-0.05, 0) is 6.54 Å². The van der Waals surface area contributed by atoms with Crippen LogP contribution in [0.5, 0.6) is 0 Å². The van der Waals surface area contributed by atoms with Crippen LogP contribution in [-0.4, -0.2) is 24.6 Å². The number of hydrogen-bond acceptors (Lipinski definition) is 7. The van der Waals surface area contributed by atoms with Gasteiger partial charge >= 0.3 is 11.3 Å². The zero-order valence-electron chi connectivity index (χ0n) is 9.76. The van der Waals surface area contributed by atoms with Crippen LogP contribution in [0.2, 0.25) is 5.02 Å². The van der Waals surface area contributed by atoms with E-state index < -0.39 is 11.3 Å². The molecule has 1 fully saturated rings. The fourth-order valence-electron chi connectivity index (χ4n) is 2.00. The molecule has 0 spiro atoms. The minimum atomic E-state index is -1.09. The summed E-state index contributed by atoms with van der Waals surface area (Å²) in [6.45, 7) is 2.09. The van der Waals surface area contributed by atoms with E-state index in [-0.39, 0.29) is 16.2 Å². The Morgan fingerprint density at radius 2 is 2.05 bits per heavy atom. The van der Waals surface area contributed by atoms with Crippen molar-refractivity contribution in [2.45, 2.75) is 0 Å². The second kappa shape index (κ2) is 4.36. The lowest BCUT2D eigenvalue weighted by Gasteiger charge is -2.39. The summed E-state index contributed by atoms with van der Waals surface area (Å²) < 4.78 is 9.61. The molecule has 1 saturated heterocycles. The van der Waals surface area contributed by atoms with Gasteiger partial charge in [0.05, 0.1) is 6.20 Å². The summed E-state index contributed by atoms with van der Waals surface area (Å²) in [7, 11) is 0. The lowest BCUT2D eigenvalue weighted by molar-refractivity contribution is 0.415. The highest BCUT2D eigenvalue weighted by Crippen LogP contribution is 2.33. The van der Waals surface area contributed by atoms with Gasteiger partial charge in [-0.25, -0.2) is 14.6 Å². The Hall–Kier alpha value is -1.86. The van der Waals surface area contributed by atoms with Crippen molar-refractivity contribution in [3.63, 3.8) is 0 Å². The quantitative estimate of drug-likeness (QED) is 0.785. The van der Waals surface area contributed by atoms with Gasteiger partial charge < -0.3 is 19.5 Å². The van der Waals surface area contributed by atoms with Crippen LogP contribution in [0.3, 0.4) is 0 Å². The van der Waals surface area contributed by atoms with Crippen LogP contribution in [0.25, 0.3) is 11.2 Å². The van der Waals surface area contributed by atoms with Gasteiger partial charge in [-0.15, -0.1) is 0 Å². The van der Waals surface area contributed by atoms with E-state index in [9.17, 15) is 9.59 Å². The smallest absolute Gasteiger partial charge is 0.412 e. The molecule has 7 nitrogen and oxygen atoms in total. The molecule has 1 aliphatic heterocycles. The standard InChI is InChI=1S/C11H10ClN3O4/c12-7-8-6(18-10(16)11(17)19-8)2-14-9(7)15-3-5(1-13)4-15/h2,5H,1,3-4,13H2. The zero-order chi connectivity index (χ0) is 13.6. The minimum Gasteiger partial charge on any atom is -0.412 e. The molecule has 1 aliphatic rings. The molecule has 100 valence electrons. The highest BCUT2D eigenvalue weighted by Gasteiger charge is 2.29. The van der Waals surface area contributed by atoms with Crippen molar-refractivity contribution in [2.75, 3.05) is 24.5 Å². The molecule has 0 radical (unpaired) electrons. The van der Waals surface area contributed by atoms with Gasteiger partial charge in [-0.1, -0.05) is 11.6 Å². The number of halogens is 1. The van der Waals surface area contributed by atoms with Gasteiger partial charge in [0.25, 0.3) is 0 Å². The molecule has 0 bridgehead atoms. The Morgan fingerprint density at radius 3 is 2.74 bits per heavy atom. The van der Waals surface area contributed by atoms with Crippen molar-refractivity contribution in [3.05, 3.63) is 32.1 Å². The normalized spacial score (nSPS) is 15.8. The highest BCUT2D eigenvalue weighted by atomic mass is 35.5. The van der Waals surface area contributed by atoms with Gasteiger partial charge in [0, 0.05) is 19.0 Å². The van der Waals surface area contributed by atoms with Gasteiger partial charge in [0.1, 0.15) is 5.02 Å². The van der Waals surface area contributed by atoms with Crippen LogP contribution in [0.15, 0.2) is 24.6 Å². The van der Waals surface area contributed by atoms with E-state index in [4.69, 9.17) is 26.2 Å². The Bertz CT molecular complexity index is 748. The second-order valence-corrected chi connectivity index (χ2v) is 4.75. The molecule has 0 amide bonds. The van der Waals surface area contributed by atoms with Crippen LogP contribution in [0.4, 0.5) is 5.82 Å². The molecule has 2 aromatic rings. The predicted octanol–water partition coefficient (Wildman–Crippen LogP) is 0.189. The molecule has 0 saturated carbocycles. The average molecular weight is 284 g/mol. The number of fused-ring (bicyclic) bond motifs is 1. The first-order valence-corrected chi connectivity index (χ1v) is 6.05. The van der Waals surface area contributed by atoms with Gasteiger partial charge in [-0.2, -0.15) is 0 Å². The van der Waals surface area contributed by atoms with E-state index in [0.717, 1.165) is 13.1 Å².